The van der Waals surface area contributed by atoms with E-state index >= 15 is 0 Å². The van der Waals surface area contributed by atoms with Crippen molar-refractivity contribution in [1.82, 2.24) is 4.90 Å². The molecule has 1 aliphatic carbocycles. The van der Waals surface area contributed by atoms with Crippen LogP contribution in [0.4, 0.5) is 8.78 Å². The standard InChI is InChI=1S/C22H33F2NO3/c1-21(2,3)16-4-6-17(7-5-16)25-10-11-27-14-22(26,13-25)15-28-18-8-9-19(23)20(24)12-18/h8-9,12,16-17,26H,4-7,10-11,13-15H2,1-3H3/t16?,17?,22-/m1/s1. The Morgan fingerprint density at radius 2 is 1.89 bits per heavy atom. The number of halogens is 2. The highest BCUT2D eigenvalue weighted by molar-refractivity contribution is 5.23. The molecular formula is C22H33F2NO3. The van der Waals surface area contributed by atoms with E-state index in [9.17, 15) is 13.9 Å². The average Bonchev–Trinajstić information content (AvgIpc) is 2.84. The Bertz CT molecular complexity index is 656. The predicted molar refractivity (Wildman–Crippen MR) is 104 cm³/mol. The smallest absolute Gasteiger partial charge is 0.162 e. The fraction of sp³-hybridized carbons (Fsp3) is 0.727. The summed E-state index contributed by atoms with van der Waals surface area (Å²) in [6.45, 7) is 8.91. The van der Waals surface area contributed by atoms with E-state index < -0.39 is 17.2 Å². The van der Waals surface area contributed by atoms with Gasteiger partial charge in [0.15, 0.2) is 11.6 Å². The van der Waals surface area contributed by atoms with Crippen molar-refractivity contribution in [2.24, 2.45) is 11.3 Å². The molecule has 1 aliphatic heterocycles. The van der Waals surface area contributed by atoms with Gasteiger partial charge in [0, 0.05) is 25.2 Å². The van der Waals surface area contributed by atoms with Gasteiger partial charge in [0.2, 0.25) is 0 Å². The number of hydrogen-bond acceptors (Lipinski definition) is 4. The molecule has 1 aromatic rings. The van der Waals surface area contributed by atoms with E-state index in [0.29, 0.717) is 24.6 Å². The zero-order valence-corrected chi connectivity index (χ0v) is 17.2. The summed E-state index contributed by atoms with van der Waals surface area (Å²) in [5.74, 6) is -0.934. The van der Waals surface area contributed by atoms with Gasteiger partial charge in [0.1, 0.15) is 18.0 Å². The van der Waals surface area contributed by atoms with Crippen LogP contribution in [-0.4, -0.2) is 54.6 Å². The third kappa shape index (κ3) is 5.43. The summed E-state index contributed by atoms with van der Waals surface area (Å²) in [6.07, 6.45) is 4.66. The highest BCUT2D eigenvalue weighted by Crippen LogP contribution is 2.39. The van der Waals surface area contributed by atoms with E-state index in [0.717, 1.165) is 37.4 Å². The molecule has 2 aliphatic rings. The van der Waals surface area contributed by atoms with E-state index in [1.807, 2.05) is 0 Å². The minimum absolute atomic E-state index is 0.0219. The van der Waals surface area contributed by atoms with Gasteiger partial charge >= 0.3 is 0 Å². The Morgan fingerprint density at radius 3 is 2.54 bits per heavy atom. The van der Waals surface area contributed by atoms with E-state index in [1.165, 1.54) is 18.9 Å². The van der Waals surface area contributed by atoms with E-state index in [1.54, 1.807) is 0 Å². The highest BCUT2D eigenvalue weighted by atomic mass is 19.2. The zero-order valence-electron chi connectivity index (χ0n) is 17.2. The molecule has 4 nitrogen and oxygen atoms in total. The molecule has 2 fully saturated rings. The summed E-state index contributed by atoms with van der Waals surface area (Å²) >= 11 is 0. The maximum absolute atomic E-state index is 13.4. The molecule has 6 heteroatoms. The molecule has 1 saturated carbocycles. The predicted octanol–water partition coefficient (Wildman–Crippen LogP) is 4.01. The monoisotopic (exact) mass is 397 g/mol. The lowest BCUT2D eigenvalue weighted by molar-refractivity contribution is -0.0691. The number of rotatable bonds is 4. The lowest BCUT2D eigenvalue weighted by atomic mass is 9.71. The van der Waals surface area contributed by atoms with Gasteiger partial charge in [-0.1, -0.05) is 20.8 Å². The fourth-order valence-electron chi connectivity index (χ4n) is 4.44. The molecule has 1 heterocycles. The largest absolute Gasteiger partial charge is 0.490 e. The van der Waals surface area contributed by atoms with Crippen molar-refractivity contribution in [3.63, 3.8) is 0 Å². The third-order valence-corrected chi connectivity index (χ3v) is 6.23. The van der Waals surface area contributed by atoms with Crippen LogP contribution in [0, 0.1) is 23.0 Å². The molecule has 0 amide bonds. The van der Waals surface area contributed by atoms with E-state index in [2.05, 4.69) is 25.7 Å². The number of ether oxygens (including phenoxy) is 2. The molecule has 1 atom stereocenters. The molecule has 0 unspecified atom stereocenters. The van der Waals surface area contributed by atoms with Crippen molar-refractivity contribution in [1.29, 1.82) is 0 Å². The number of aliphatic hydroxyl groups is 1. The first-order valence-corrected chi connectivity index (χ1v) is 10.3. The minimum atomic E-state index is -1.18. The minimum Gasteiger partial charge on any atom is -0.490 e. The van der Waals surface area contributed by atoms with Crippen LogP contribution in [0.1, 0.15) is 46.5 Å². The third-order valence-electron chi connectivity index (χ3n) is 6.23. The average molecular weight is 398 g/mol. The molecule has 0 spiro atoms. The first kappa shape index (κ1) is 21.5. The topological polar surface area (TPSA) is 41.9 Å². The summed E-state index contributed by atoms with van der Waals surface area (Å²) in [6, 6.07) is 3.83. The highest BCUT2D eigenvalue weighted by Gasteiger charge is 2.38. The number of β-amino-alcohol motifs (C(OH)–C–C–N with tert-alkyl or cyclic N) is 1. The molecule has 1 aromatic carbocycles. The van der Waals surface area contributed by atoms with Crippen molar-refractivity contribution < 1.29 is 23.4 Å². The van der Waals surface area contributed by atoms with Gasteiger partial charge in [-0.3, -0.25) is 4.90 Å². The first-order chi connectivity index (χ1) is 13.2. The Hall–Kier alpha value is -1.24. The Kier molecular flexibility index (Phi) is 6.62. The summed E-state index contributed by atoms with van der Waals surface area (Å²) < 4.78 is 37.7. The van der Waals surface area contributed by atoms with Crippen LogP contribution < -0.4 is 4.74 Å². The van der Waals surface area contributed by atoms with E-state index in [4.69, 9.17) is 9.47 Å². The van der Waals surface area contributed by atoms with Crippen molar-refractivity contribution in [2.45, 2.75) is 58.1 Å². The van der Waals surface area contributed by atoms with Gasteiger partial charge in [-0.05, 0) is 49.1 Å². The van der Waals surface area contributed by atoms with Crippen LogP contribution in [-0.2, 0) is 4.74 Å². The second-order valence-corrected chi connectivity index (χ2v) is 9.48. The maximum Gasteiger partial charge on any atom is 0.162 e. The summed E-state index contributed by atoms with van der Waals surface area (Å²) in [5.41, 5.74) is -0.839. The molecular weight excluding hydrogens is 364 g/mol. The Labute approximate surface area is 166 Å². The van der Waals surface area contributed by atoms with Gasteiger partial charge in [-0.25, -0.2) is 8.78 Å². The maximum atomic E-state index is 13.4. The van der Waals surface area contributed by atoms with Gasteiger partial charge in [-0.15, -0.1) is 0 Å². The van der Waals surface area contributed by atoms with Crippen molar-refractivity contribution in [2.75, 3.05) is 32.9 Å². The fourth-order valence-corrected chi connectivity index (χ4v) is 4.44. The Morgan fingerprint density at radius 1 is 1.18 bits per heavy atom. The second-order valence-electron chi connectivity index (χ2n) is 9.48. The van der Waals surface area contributed by atoms with Crippen molar-refractivity contribution >= 4 is 0 Å². The molecule has 158 valence electrons. The SMILES string of the molecule is CC(C)(C)C1CCC(N2CCOC[C@@](O)(COc3ccc(F)c(F)c3)C2)CC1. The van der Waals surface area contributed by atoms with Gasteiger partial charge in [0.05, 0.1) is 13.2 Å². The zero-order chi connectivity index (χ0) is 20.4. The lowest BCUT2D eigenvalue weighted by Crippen LogP contribution is -2.52. The second kappa shape index (κ2) is 8.64. The molecule has 0 radical (unpaired) electrons. The molecule has 1 saturated heterocycles. The molecule has 0 bridgehead atoms. The van der Waals surface area contributed by atoms with Gasteiger partial charge in [-0.2, -0.15) is 0 Å². The number of benzene rings is 1. The van der Waals surface area contributed by atoms with Crippen molar-refractivity contribution in [3.8, 4) is 5.75 Å². The van der Waals surface area contributed by atoms with Gasteiger partial charge < -0.3 is 14.6 Å². The Balaban J connectivity index is 1.59. The van der Waals surface area contributed by atoms with Crippen LogP contribution in [0.15, 0.2) is 18.2 Å². The molecule has 0 aromatic heterocycles. The van der Waals surface area contributed by atoms with Crippen LogP contribution in [0.5, 0.6) is 5.75 Å². The normalized spacial score (nSPS) is 30.1. The van der Waals surface area contributed by atoms with Crippen LogP contribution in [0.3, 0.4) is 0 Å². The quantitative estimate of drug-likeness (QED) is 0.834. The summed E-state index contributed by atoms with van der Waals surface area (Å²) in [7, 11) is 0. The molecule has 3 rings (SSSR count). The first-order valence-electron chi connectivity index (χ1n) is 10.3. The van der Waals surface area contributed by atoms with Crippen molar-refractivity contribution in [3.05, 3.63) is 29.8 Å². The number of hydrogen-bond donors (Lipinski definition) is 1. The van der Waals surface area contributed by atoms with Crippen LogP contribution in [0.2, 0.25) is 0 Å². The molecule has 28 heavy (non-hydrogen) atoms. The lowest BCUT2D eigenvalue weighted by Gasteiger charge is -2.42. The summed E-state index contributed by atoms with van der Waals surface area (Å²) in [4.78, 5) is 2.32. The van der Waals surface area contributed by atoms with Crippen LogP contribution >= 0.6 is 0 Å². The molecule has 1 N–H and O–H groups in total. The van der Waals surface area contributed by atoms with Crippen LogP contribution in [0.25, 0.3) is 0 Å². The van der Waals surface area contributed by atoms with E-state index in [-0.39, 0.29) is 19.0 Å². The number of nitrogens with zero attached hydrogens (tertiary/aromatic N) is 1. The summed E-state index contributed by atoms with van der Waals surface area (Å²) in [5, 5.41) is 11.1. The van der Waals surface area contributed by atoms with Gasteiger partial charge in [0.25, 0.3) is 0 Å².